The van der Waals surface area contributed by atoms with Crippen molar-refractivity contribution in [2.24, 2.45) is 0 Å². The summed E-state index contributed by atoms with van der Waals surface area (Å²) in [6.45, 7) is 1.37. The largest absolute Gasteiger partial charge is 0.481 e. The third-order valence-electron chi connectivity index (χ3n) is 6.05. The summed E-state index contributed by atoms with van der Waals surface area (Å²) in [7, 11) is 0. The second kappa shape index (κ2) is 9.96. The normalized spacial score (nSPS) is 14.5. The summed E-state index contributed by atoms with van der Waals surface area (Å²) in [5.74, 6) is -1.26. The summed E-state index contributed by atoms with van der Waals surface area (Å²) < 4.78 is 18.9. The fraction of sp³-hybridized carbons (Fsp3) is 0.360. The highest BCUT2D eigenvalue weighted by Gasteiger charge is 2.26. The van der Waals surface area contributed by atoms with Crippen LogP contribution in [0.15, 0.2) is 48.5 Å². The van der Waals surface area contributed by atoms with Gasteiger partial charge in [-0.2, -0.15) is 0 Å². The average molecular weight is 438 g/mol. The number of nitrogens with one attached hydrogen (secondary N) is 1. The van der Waals surface area contributed by atoms with Crippen LogP contribution in [0.4, 0.5) is 4.39 Å². The molecule has 7 heteroatoms. The zero-order chi connectivity index (χ0) is 22.5. The van der Waals surface area contributed by atoms with Gasteiger partial charge in [0.15, 0.2) is 0 Å². The number of ether oxygens (including phenoxy) is 1. The van der Waals surface area contributed by atoms with Crippen LogP contribution in [0.25, 0.3) is 22.2 Å². The fourth-order valence-corrected chi connectivity index (χ4v) is 4.42. The van der Waals surface area contributed by atoms with Gasteiger partial charge < -0.3 is 19.7 Å². The maximum absolute atomic E-state index is 13.4. The number of hydrogen-bond acceptors (Lipinski definition) is 3. The number of para-hydroxylation sites is 1. The summed E-state index contributed by atoms with van der Waals surface area (Å²) in [6.07, 6.45) is 2.14. The molecule has 32 heavy (non-hydrogen) atoms. The lowest BCUT2D eigenvalue weighted by Crippen LogP contribution is -2.44. The van der Waals surface area contributed by atoms with Crippen LogP contribution in [-0.2, 0) is 20.7 Å². The smallest absolute Gasteiger partial charge is 0.305 e. The maximum Gasteiger partial charge on any atom is 0.305 e. The molecule has 4 rings (SSSR count). The minimum absolute atomic E-state index is 0.00939. The van der Waals surface area contributed by atoms with E-state index in [1.807, 2.05) is 24.3 Å². The van der Waals surface area contributed by atoms with Crippen molar-refractivity contribution in [3.8, 4) is 11.3 Å². The van der Waals surface area contributed by atoms with Crippen LogP contribution in [0.3, 0.4) is 0 Å². The van der Waals surface area contributed by atoms with Gasteiger partial charge in [-0.15, -0.1) is 0 Å². The standard InChI is InChI=1S/C25H27FN2O4/c26-18-7-5-17(6-8-18)25-21(20-3-1-2-4-22(20)27-25)9-10-23(29)28(14-11-24(30)31)19-12-15-32-16-13-19/h1-8,19,27H,9-16H2,(H,30,31). The van der Waals surface area contributed by atoms with Gasteiger partial charge >= 0.3 is 5.97 Å². The Morgan fingerprint density at radius 1 is 1.06 bits per heavy atom. The highest BCUT2D eigenvalue weighted by molar-refractivity contribution is 5.91. The van der Waals surface area contributed by atoms with Crippen LogP contribution in [0.2, 0.25) is 0 Å². The Labute approximate surface area is 186 Å². The van der Waals surface area contributed by atoms with Crippen molar-refractivity contribution >= 4 is 22.8 Å². The summed E-state index contributed by atoms with van der Waals surface area (Å²) in [5, 5.41) is 10.2. The van der Waals surface area contributed by atoms with Crippen LogP contribution in [-0.4, -0.2) is 52.7 Å². The van der Waals surface area contributed by atoms with Crippen molar-refractivity contribution in [2.75, 3.05) is 19.8 Å². The van der Waals surface area contributed by atoms with Gasteiger partial charge in [0, 0.05) is 48.8 Å². The SMILES string of the molecule is O=C(O)CCN(C(=O)CCc1c(-c2ccc(F)cc2)[nH]c2ccccc12)C1CCOCC1. The number of aliphatic carboxylic acids is 1. The first-order chi connectivity index (χ1) is 15.5. The molecule has 0 unspecified atom stereocenters. The van der Waals surface area contributed by atoms with Crippen molar-refractivity contribution in [1.82, 2.24) is 9.88 Å². The zero-order valence-corrected chi connectivity index (χ0v) is 17.9. The predicted molar refractivity (Wildman–Crippen MR) is 120 cm³/mol. The van der Waals surface area contributed by atoms with Crippen molar-refractivity contribution in [3.63, 3.8) is 0 Å². The lowest BCUT2D eigenvalue weighted by Gasteiger charge is -2.34. The topological polar surface area (TPSA) is 82.6 Å². The first-order valence-electron chi connectivity index (χ1n) is 11.0. The number of amides is 1. The summed E-state index contributed by atoms with van der Waals surface area (Å²) in [5.41, 5.74) is 3.70. The molecule has 0 spiro atoms. The molecule has 168 valence electrons. The number of aromatic nitrogens is 1. The van der Waals surface area contributed by atoms with Gasteiger partial charge in [-0.05, 0) is 60.7 Å². The molecule has 0 atom stereocenters. The second-order valence-electron chi connectivity index (χ2n) is 8.11. The number of carbonyl (C=O) groups is 2. The van der Waals surface area contributed by atoms with Gasteiger partial charge in [0.25, 0.3) is 0 Å². The van der Waals surface area contributed by atoms with E-state index in [1.165, 1.54) is 12.1 Å². The quantitative estimate of drug-likeness (QED) is 0.547. The van der Waals surface area contributed by atoms with E-state index in [0.717, 1.165) is 40.6 Å². The van der Waals surface area contributed by atoms with Crippen LogP contribution >= 0.6 is 0 Å². The molecule has 2 N–H and O–H groups in total. The molecule has 0 aliphatic carbocycles. The van der Waals surface area contributed by atoms with Crippen LogP contribution in [0.5, 0.6) is 0 Å². The molecule has 3 aromatic rings. The van der Waals surface area contributed by atoms with Crippen LogP contribution in [0.1, 0.15) is 31.2 Å². The van der Waals surface area contributed by atoms with Crippen LogP contribution in [0, 0.1) is 5.82 Å². The van der Waals surface area contributed by atoms with E-state index in [2.05, 4.69) is 4.98 Å². The highest BCUT2D eigenvalue weighted by atomic mass is 19.1. The van der Waals surface area contributed by atoms with Crippen LogP contribution < -0.4 is 0 Å². The monoisotopic (exact) mass is 438 g/mol. The number of fused-ring (bicyclic) bond motifs is 1. The lowest BCUT2D eigenvalue weighted by molar-refractivity contribution is -0.140. The van der Waals surface area contributed by atoms with Gasteiger partial charge in [0.2, 0.25) is 5.91 Å². The molecule has 1 aromatic heterocycles. The van der Waals surface area contributed by atoms with Crippen molar-refractivity contribution in [3.05, 3.63) is 59.9 Å². The number of rotatable bonds is 8. The Morgan fingerprint density at radius 2 is 1.78 bits per heavy atom. The van der Waals surface area contributed by atoms with E-state index in [9.17, 15) is 14.0 Å². The number of H-pyrrole nitrogens is 1. The first kappa shape index (κ1) is 22.0. The van der Waals surface area contributed by atoms with Gasteiger partial charge in [-0.3, -0.25) is 9.59 Å². The van der Waals surface area contributed by atoms with Gasteiger partial charge in [0.05, 0.1) is 6.42 Å². The molecule has 6 nitrogen and oxygen atoms in total. The molecule has 1 amide bonds. The number of halogens is 1. The van der Waals surface area contributed by atoms with Gasteiger partial charge in [-0.1, -0.05) is 18.2 Å². The predicted octanol–water partition coefficient (Wildman–Crippen LogP) is 4.39. The van der Waals surface area contributed by atoms with Crippen molar-refractivity contribution in [2.45, 2.75) is 38.1 Å². The molecule has 2 aromatic carbocycles. The number of hydrogen-bond donors (Lipinski definition) is 2. The van der Waals surface area contributed by atoms with Gasteiger partial charge in [-0.25, -0.2) is 4.39 Å². The molecule has 1 fully saturated rings. The molecule has 1 aliphatic heterocycles. The Balaban J connectivity index is 1.57. The molecule has 2 heterocycles. The van der Waals surface area contributed by atoms with Crippen molar-refractivity contribution < 1.29 is 23.8 Å². The Bertz CT molecular complexity index is 1090. The Morgan fingerprint density at radius 3 is 2.50 bits per heavy atom. The first-order valence-corrected chi connectivity index (χ1v) is 11.0. The third-order valence-corrected chi connectivity index (χ3v) is 6.05. The number of carboxylic acid groups (broad SMARTS) is 1. The van der Waals surface area contributed by atoms with E-state index < -0.39 is 5.97 Å². The minimum atomic E-state index is -0.912. The summed E-state index contributed by atoms with van der Waals surface area (Å²) in [4.78, 5) is 29.5. The number of carboxylic acids is 1. The average Bonchev–Trinajstić information content (AvgIpc) is 3.17. The Kier molecular flexibility index (Phi) is 6.85. The maximum atomic E-state index is 13.4. The highest BCUT2D eigenvalue weighted by Crippen LogP contribution is 2.32. The van der Waals surface area contributed by atoms with Crippen molar-refractivity contribution in [1.29, 1.82) is 0 Å². The minimum Gasteiger partial charge on any atom is -0.481 e. The molecule has 0 bridgehead atoms. The van der Waals surface area contributed by atoms with Gasteiger partial charge in [0.1, 0.15) is 5.82 Å². The van der Waals surface area contributed by atoms with E-state index in [4.69, 9.17) is 9.84 Å². The molecular weight excluding hydrogens is 411 g/mol. The lowest BCUT2D eigenvalue weighted by atomic mass is 10.00. The molecular formula is C25H27FN2O4. The Hall–Kier alpha value is -3.19. The number of carbonyl (C=O) groups excluding carboxylic acids is 1. The van der Waals surface area contributed by atoms with E-state index in [0.29, 0.717) is 19.6 Å². The number of aromatic amines is 1. The molecule has 0 radical (unpaired) electrons. The summed E-state index contributed by atoms with van der Waals surface area (Å²) >= 11 is 0. The molecule has 0 saturated carbocycles. The van der Waals surface area contributed by atoms with E-state index >= 15 is 0 Å². The summed E-state index contributed by atoms with van der Waals surface area (Å²) in [6, 6.07) is 14.2. The zero-order valence-electron chi connectivity index (χ0n) is 17.9. The number of benzene rings is 2. The third kappa shape index (κ3) is 4.99. The van der Waals surface area contributed by atoms with E-state index in [1.54, 1.807) is 17.0 Å². The second-order valence-corrected chi connectivity index (χ2v) is 8.11. The fourth-order valence-electron chi connectivity index (χ4n) is 4.42. The number of aryl methyl sites for hydroxylation is 1. The molecule has 1 aliphatic rings. The number of nitrogens with zero attached hydrogens (tertiary/aromatic N) is 1. The molecule has 1 saturated heterocycles. The van der Waals surface area contributed by atoms with E-state index in [-0.39, 0.29) is 37.2 Å².